The highest BCUT2D eigenvalue weighted by Crippen LogP contribution is 2.25. The predicted octanol–water partition coefficient (Wildman–Crippen LogP) is 4.77. The van der Waals surface area contributed by atoms with Gasteiger partial charge in [-0.15, -0.1) is 0 Å². The lowest BCUT2D eigenvalue weighted by Gasteiger charge is -2.31. The third-order valence-corrected chi connectivity index (χ3v) is 4.08. The monoisotopic (exact) mass is 305 g/mol. The van der Waals surface area contributed by atoms with Crippen molar-refractivity contribution >= 4 is 28.2 Å². The average molecular weight is 306 g/mol. The number of pyridine rings is 1. The van der Waals surface area contributed by atoms with E-state index < -0.39 is 0 Å². The minimum Gasteiger partial charge on any atom is -0.369 e. The van der Waals surface area contributed by atoms with Crippen molar-refractivity contribution in [3.8, 4) is 0 Å². The molecule has 4 heteroatoms. The molecule has 1 heterocycles. The Morgan fingerprint density at radius 1 is 1.19 bits per heavy atom. The van der Waals surface area contributed by atoms with Crippen molar-refractivity contribution in [3.05, 3.63) is 35.5 Å². The molecule has 1 atom stereocenters. The van der Waals surface area contributed by atoms with Gasteiger partial charge >= 0.3 is 0 Å². The van der Waals surface area contributed by atoms with Crippen molar-refractivity contribution < 1.29 is 0 Å². The SMILES string of the molecule is CCCC(Nc1ccnc2cc(Cl)ccc12)N(CC)CC. The first-order valence-corrected chi connectivity index (χ1v) is 8.12. The number of rotatable bonds is 7. The first-order valence-electron chi connectivity index (χ1n) is 7.74. The molecule has 0 aliphatic carbocycles. The van der Waals surface area contributed by atoms with Crippen molar-refractivity contribution in [2.24, 2.45) is 0 Å². The van der Waals surface area contributed by atoms with Crippen molar-refractivity contribution in [1.82, 2.24) is 9.88 Å². The molecule has 1 aromatic carbocycles. The molecule has 0 spiro atoms. The predicted molar refractivity (Wildman–Crippen MR) is 92.0 cm³/mol. The Kier molecular flexibility index (Phi) is 5.83. The van der Waals surface area contributed by atoms with Gasteiger partial charge in [-0.05, 0) is 43.8 Å². The smallest absolute Gasteiger partial charge is 0.0793 e. The van der Waals surface area contributed by atoms with Gasteiger partial charge in [0.15, 0.2) is 0 Å². The maximum atomic E-state index is 6.05. The summed E-state index contributed by atoms with van der Waals surface area (Å²) >= 11 is 6.05. The maximum Gasteiger partial charge on any atom is 0.0793 e. The van der Waals surface area contributed by atoms with Crippen LogP contribution in [0.1, 0.15) is 33.6 Å². The fourth-order valence-electron chi connectivity index (χ4n) is 2.71. The number of aromatic nitrogens is 1. The Morgan fingerprint density at radius 2 is 1.95 bits per heavy atom. The van der Waals surface area contributed by atoms with Crippen LogP contribution in [0.5, 0.6) is 0 Å². The standard InChI is InChI=1S/C17H24ClN3/c1-4-7-17(21(5-2)6-3)20-15-10-11-19-16-12-13(18)8-9-14(15)16/h8-12,17H,4-7H2,1-3H3,(H,19,20). The van der Waals surface area contributed by atoms with Crippen LogP contribution in [0.2, 0.25) is 5.02 Å². The number of halogens is 1. The second-order valence-electron chi connectivity index (χ2n) is 5.19. The summed E-state index contributed by atoms with van der Waals surface area (Å²) in [6.45, 7) is 8.73. The van der Waals surface area contributed by atoms with Gasteiger partial charge in [0.1, 0.15) is 0 Å². The summed E-state index contributed by atoms with van der Waals surface area (Å²) in [5, 5.41) is 5.53. The number of hydrogen-bond donors (Lipinski definition) is 1. The quantitative estimate of drug-likeness (QED) is 0.747. The number of nitrogens with one attached hydrogen (secondary N) is 1. The van der Waals surface area contributed by atoms with E-state index >= 15 is 0 Å². The van der Waals surface area contributed by atoms with Gasteiger partial charge in [-0.1, -0.05) is 38.8 Å². The number of fused-ring (bicyclic) bond motifs is 1. The molecule has 0 bridgehead atoms. The van der Waals surface area contributed by atoms with Crippen LogP contribution in [0.4, 0.5) is 5.69 Å². The van der Waals surface area contributed by atoms with E-state index in [0.717, 1.165) is 47.5 Å². The van der Waals surface area contributed by atoms with Crippen molar-refractivity contribution in [1.29, 1.82) is 0 Å². The van der Waals surface area contributed by atoms with Crippen LogP contribution in [0.25, 0.3) is 10.9 Å². The number of nitrogens with zero attached hydrogens (tertiary/aromatic N) is 2. The zero-order valence-electron chi connectivity index (χ0n) is 13.1. The molecule has 114 valence electrons. The van der Waals surface area contributed by atoms with Crippen molar-refractivity contribution in [2.75, 3.05) is 18.4 Å². The fourth-order valence-corrected chi connectivity index (χ4v) is 2.88. The second-order valence-corrected chi connectivity index (χ2v) is 5.63. The largest absolute Gasteiger partial charge is 0.369 e. The minimum absolute atomic E-state index is 0.353. The lowest BCUT2D eigenvalue weighted by atomic mass is 10.1. The Labute approximate surface area is 132 Å². The van der Waals surface area contributed by atoms with E-state index in [1.54, 1.807) is 0 Å². The molecular weight excluding hydrogens is 282 g/mol. The van der Waals surface area contributed by atoms with Crippen LogP contribution in [0.15, 0.2) is 30.5 Å². The Bertz CT molecular complexity index is 581. The molecule has 1 aromatic heterocycles. The molecule has 0 radical (unpaired) electrons. The lowest BCUT2D eigenvalue weighted by Crippen LogP contribution is -2.40. The van der Waals surface area contributed by atoms with E-state index in [0.29, 0.717) is 6.17 Å². The van der Waals surface area contributed by atoms with Gasteiger partial charge in [-0.25, -0.2) is 0 Å². The third kappa shape index (κ3) is 3.86. The summed E-state index contributed by atoms with van der Waals surface area (Å²) < 4.78 is 0. The summed E-state index contributed by atoms with van der Waals surface area (Å²) in [7, 11) is 0. The van der Waals surface area contributed by atoms with Crippen LogP contribution in [0, 0.1) is 0 Å². The first-order chi connectivity index (χ1) is 10.2. The molecular formula is C17H24ClN3. The lowest BCUT2D eigenvalue weighted by molar-refractivity contribution is 0.227. The molecule has 2 aromatic rings. The molecule has 3 nitrogen and oxygen atoms in total. The maximum absolute atomic E-state index is 6.05. The van der Waals surface area contributed by atoms with Crippen LogP contribution in [0.3, 0.4) is 0 Å². The van der Waals surface area contributed by atoms with E-state index in [2.05, 4.69) is 36.0 Å². The van der Waals surface area contributed by atoms with Gasteiger partial charge in [0.05, 0.1) is 11.7 Å². The molecule has 2 rings (SSSR count). The van der Waals surface area contributed by atoms with Crippen LogP contribution in [-0.2, 0) is 0 Å². The van der Waals surface area contributed by atoms with Crippen LogP contribution < -0.4 is 5.32 Å². The summed E-state index contributed by atoms with van der Waals surface area (Å²) in [4.78, 5) is 6.85. The molecule has 0 saturated carbocycles. The highest BCUT2D eigenvalue weighted by atomic mass is 35.5. The molecule has 0 fully saturated rings. The van der Waals surface area contributed by atoms with E-state index in [4.69, 9.17) is 11.6 Å². The fraction of sp³-hybridized carbons (Fsp3) is 0.471. The van der Waals surface area contributed by atoms with Crippen LogP contribution >= 0.6 is 11.6 Å². The summed E-state index contributed by atoms with van der Waals surface area (Å²) in [6.07, 6.45) is 4.47. The highest BCUT2D eigenvalue weighted by Gasteiger charge is 2.15. The zero-order chi connectivity index (χ0) is 15.2. The number of anilines is 1. The minimum atomic E-state index is 0.353. The Hall–Kier alpha value is -1.32. The Balaban J connectivity index is 2.32. The van der Waals surface area contributed by atoms with Crippen molar-refractivity contribution in [3.63, 3.8) is 0 Å². The van der Waals surface area contributed by atoms with Crippen molar-refractivity contribution in [2.45, 2.75) is 39.8 Å². The van der Waals surface area contributed by atoms with Gasteiger partial charge in [-0.2, -0.15) is 0 Å². The first kappa shape index (κ1) is 16.1. The number of hydrogen-bond acceptors (Lipinski definition) is 3. The van der Waals surface area contributed by atoms with Gasteiger partial charge in [0.2, 0.25) is 0 Å². The zero-order valence-corrected chi connectivity index (χ0v) is 13.8. The summed E-state index contributed by atoms with van der Waals surface area (Å²) in [6, 6.07) is 7.91. The molecule has 0 aliphatic heterocycles. The van der Waals surface area contributed by atoms with Gasteiger partial charge in [-0.3, -0.25) is 9.88 Å². The van der Waals surface area contributed by atoms with Gasteiger partial charge < -0.3 is 5.32 Å². The molecule has 0 amide bonds. The topological polar surface area (TPSA) is 28.2 Å². The van der Waals surface area contributed by atoms with Gasteiger partial charge in [0, 0.05) is 22.3 Å². The molecule has 1 N–H and O–H groups in total. The molecule has 0 saturated heterocycles. The second kappa shape index (κ2) is 7.62. The molecule has 21 heavy (non-hydrogen) atoms. The third-order valence-electron chi connectivity index (χ3n) is 3.84. The summed E-state index contributed by atoms with van der Waals surface area (Å²) in [5.41, 5.74) is 2.06. The highest BCUT2D eigenvalue weighted by molar-refractivity contribution is 6.31. The number of benzene rings is 1. The Morgan fingerprint density at radius 3 is 2.62 bits per heavy atom. The van der Waals surface area contributed by atoms with E-state index in [9.17, 15) is 0 Å². The van der Waals surface area contributed by atoms with E-state index in [1.165, 1.54) is 0 Å². The normalized spacial score (nSPS) is 12.8. The van der Waals surface area contributed by atoms with E-state index in [-0.39, 0.29) is 0 Å². The van der Waals surface area contributed by atoms with E-state index in [1.807, 2.05) is 30.5 Å². The van der Waals surface area contributed by atoms with Gasteiger partial charge in [0.25, 0.3) is 0 Å². The molecule has 0 aliphatic rings. The molecule has 1 unspecified atom stereocenters. The van der Waals surface area contributed by atoms with Crippen LogP contribution in [-0.4, -0.2) is 29.1 Å². The summed E-state index contributed by atoms with van der Waals surface area (Å²) in [5.74, 6) is 0. The average Bonchev–Trinajstić information content (AvgIpc) is 2.48.